The van der Waals surface area contributed by atoms with Crippen LogP contribution in [0.4, 0.5) is 5.13 Å². The van der Waals surface area contributed by atoms with Gasteiger partial charge in [-0.2, -0.15) is 0 Å². The topological polar surface area (TPSA) is 25.4 Å². The van der Waals surface area contributed by atoms with E-state index in [0.717, 1.165) is 17.4 Å². The third-order valence-corrected chi connectivity index (χ3v) is 3.62. The second-order valence-electron chi connectivity index (χ2n) is 3.66. The molecule has 0 bridgehead atoms. The summed E-state index contributed by atoms with van der Waals surface area (Å²) in [7, 11) is 3.66. The van der Waals surface area contributed by atoms with E-state index in [0.29, 0.717) is 5.15 Å². The van der Waals surface area contributed by atoms with Crippen LogP contribution in [-0.4, -0.2) is 19.1 Å². The maximum atomic E-state index is 5.81. The molecule has 0 aliphatic carbocycles. The van der Waals surface area contributed by atoms with Gasteiger partial charge in [0.1, 0.15) is 10.9 Å². The zero-order valence-electron chi connectivity index (χ0n) is 9.68. The molecule has 0 fully saturated rings. The van der Waals surface area contributed by atoms with Crippen LogP contribution < -0.4 is 9.64 Å². The van der Waals surface area contributed by atoms with Crippen LogP contribution in [0, 0.1) is 0 Å². The summed E-state index contributed by atoms with van der Waals surface area (Å²) in [5, 5.41) is 3.29. The minimum Gasteiger partial charge on any atom is -0.497 e. The second-order valence-corrected chi connectivity index (χ2v) is 4.88. The largest absolute Gasteiger partial charge is 0.497 e. The molecule has 1 heterocycles. The number of nitrogens with zero attached hydrogens (tertiary/aromatic N) is 2. The van der Waals surface area contributed by atoms with Gasteiger partial charge in [0, 0.05) is 19.0 Å². The fourth-order valence-corrected chi connectivity index (χ4v) is 2.45. The van der Waals surface area contributed by atoms with Crippen LogP contribution in [0.2, 0.25) is 5.15 Å². The predicted molar refractivity (Wildman–Crippen MR) is 72.2 cm³/mol. The SMILES string of the molecule is COc1cccc(CN(C)c2nc(Cl)cs2)c1. The quantitative estimate of drug-likeness (QED) is 0.849. The fourth-order valence-electron chi connectivity index (χ4n) is 1.53. The van der Waals surface area contributed by atoms with Crippen molar-refractivity contribution in [3.05, 3.63) is 40.4 Å². The predicted octanol–water partition coefficient (Wildman–Crippen LogP) is 3.44. The van der Waals surface area contributed by atoms with Gasteiger partial charge in [0.15, 0.2) is 5.13 Å². The summed E-state index contributed by atoms with van der Waals surface area (Å²) in [5.41, 5.74) is 1.18. The normalized spacial score (nSPS) is 10.3. The van der Waals surface area contributed by atoms with E-state index in [1.807, 2.05) is 30.6 Å². The Balaban J connectivity index is 2.09. The maximum absolute atomic E-state index is 5.81. The van der Waals surface area contributed by atoms with Gasteiger partial charge >= 0.3 is 0 Å². The molecule has 1 aromatic carbocycles. The third-order valence-electron chi connectivity index (χ3n) is 2.34. The Hall–Kier alpha value is -1.26. The Labute approximate surface area is 110 Å². The van der Waals surface area contributed by atoms with Crippen LogP contribution in [0.15, 0.2) is 29.6 Å². The van der Waals surface area contributed by atoms with Crippen molar-refractivity contribution in [2.24, 2.45) is 0 Å². The number of aromatic nitrogens is 1. The number of ether oxygens (including phenoxy) is 1. The first-order valence-corrected chi connectivity index (χ1v) is 6.40. The molecule has 1 aromatic heterocycles. The van der Waals surface area contributed by atoms with Crippen molar-refractivity contribution in [2.75, 3.05) is 19.1 Å². The number of methoxy groups -OCH3 is 1. The highest BCUT2D eigenvalue weighted by atomic mass is 35.5. The van der Waals surface area contributed by atoms with Crippen LogP contribution in [0.1, 0.15) is 5.56 Å². The van der Waals surface area contributed by atoms with E-state index < -0.39 is 0 Å². The minimum atomic E-state index is 0.544. The highest BCUT2D eigenvalue weighted by Crippen LogP contribution is 2.24. The summed E-state index contributed by atoms with van der Waals surface area (Å²) < 4.78 is 5.19. The lowest BCUT2D eigenvalue weighted by molar-refractivity contribution is 0.414. The van der Waals surface area contributed by atoms with Gasteiger partial charge in [-0.25, -0.2) is 4.98 Å². The average molecular weight is 269 g/mol. The van der Waals surface area contributed by atoms with Crippen molar-refractivity contribution in [1.29, 1.82) is 0 Å². The molecule has 0 amide bonds. The minimum absolute atomic E-state index is 0.544. The fraction of sp³-hybridized carbons (Fsp3) is 0.250. The highest BCUT2D eigenvalue weighted by Gasteiger charge is 2.07. The Bertz CT molecular complexity index is 501. The molecule has 5 heteroatoms. The average Bonchev–Trinajstić information content (AvgIpc) is 2.76. The molecule has 17 heavy (non-hydrogen) atoms. The zero-order valence-corrected chi connectivity index (χ0v) is 11.3. The molecule has 2 aromatic rings. The van der Waals surface area contributed by atoms with Gasteiger partial charge in [0.25, 0.3) is 0 Å². The van der Waals surface area contributed by atoms with Crippen molar-refractivity contribution in [3.63, 3.8) is 0 Å². The molecular formula is C12H13ClN2OS. The van der Waals surface area contributed by atoms with Crippen molar-refractivity contribution in [1.82, 2.24) is 4.98 Å². The van der Waals surface area contributed by atoms with Crippen LogP contribution in [-0.2, 0) is 6.54 Å². The van der Waals surface area contributed by atoms with E-state index in [9.17, 15) is 0 Å². The highest BCUT2D eigenvalue weighted by molar-refractivity contribution is 7.14. The molecular weight excluding hydrogens is 256 g/mol. The molecule has 0 unspecified atom stereocenters. The molecule has 0 saturated heterocycles. The first kappa shape index (κ1) is 12.2. The molecule has 2 rings (SSSR count). The molecule has 0 radical (unpaired) electrons. The monoisotopic (exact) mass is 268 g/mol. The molecule has 3 nitrogen and oxygen atoms in total. The number of rotatable bonds is 4. The molecule has 0 spiro atoms. The van der Waals surface area contributed by atoms with Crippen LogP contribution in [0.3, 0.4) is 0 Å². The number of hydrogen-bond donors (Lipinski definition) is 0. The first-order valence-electron chi connectivity index (χ1n) is 5.14. The van der Waals surface area contributed by atoms with Gasteiger partial charge < -0.3 is 9.64 Å². The lowest BCUT2D eigenvalue weighted by Crippen LogP contribution is -2.15. The molecule has 0 N–H and O–H groups in total. The smallest absolute Gasteiger partial charge is 0.186 e. The summed E-state index contributed by atoms with van der Waals surface area (Å²) in [5.74, 6) is 0.869. The Morgan fingerprint density at radius 3 is 2.94 bits per heavy atom. The van der Waals surface area contributed by atoms with Crippen molar-refractivity contribution in [3.8, 4) is 5.75 Å². The van der Waals surface area contributed by atoms with Crippen molar-refractivity contribution in [2.45, 2.75) is 6.54 Å². The van der Waals surface area contributed by atoms with E-state index >= 15 is 0 Å². The van der Waals surface area contributed by atoms with E-state index in [-0.39, 0.29) is 0 Å². The number of hydrogen-bond acceptors (Lipinski definition) is 4. The lowest BCUT2D eigenvalue weighted by atomic mass is 10.2. The van der Waals surface area contributed by atoms with Gasteiger partial charge in [-0.15, -0.1) is 11.3 Å². The van der Waals surface area contributed by atoms with E-state index in [2.05, 4.69) is 16.0 Å². The summed E-state index contributed by atoms with van der Waals surface area (Å²) >= 11 is 7.35. The first-order chi connectivity index (χ1) is 8.19. The number of benzene rings is 1. The van der Waals surface area contributed by atoms with Gasteiger partial charge in [-0.05, 0) is 17.7 Å². The van der Waals surface area contributed by atoms with Crippen LogP contribution in [0.5, 0.6) is 5.75 Å². The van der Waals surface area contributed by atoms with Gasteiger partial charge in [0.05, 0.1) is 7.11 Å². The van der Waals surface area contributed by atoms with Gasteiger partial charge in [-0.1, -0.05) is 23.7 Å². The Morgan fingerprint density at radius 2 is 2.29 bits per heavy atom. The summed E-state index contributed by atoms with van der Waals surface area (Å²) in [4.78, 5) is 6.29. The molecule has 0 aliphatic rings. The molecule has 0 saturated carbocycles. The van der Waals surface area contributed by atoms with Gasteiger partial charge in [-0.3, -0.25) is 0 Å². The number of halogens is 1. The summed E-state index contributed by atoms with van der Waals surface area (Å²) in [6.07, 6.45) is 0. The van der Waals surface area contributed by atoms with E-state index in [4.69, 9.17) is 16.3 Å². The van der Waals surface area contributed by atoms with Crippen molar-refractivity contribution < 1.29 is 4.74 Å². The number of anilines is 1. The Kier molecular flexibility index (Phi) is 3.86. The molecule has 0 aliphatic heterocycles. The van der Waals surface area contributed by atoms with E-state index in [1.165, 1.54) is 16.9 Å². The standard InChI is InChI=1S/C12H13ClN2OS/c1-15(12-14-11(13)8-17-12)7-9-4-3-5-10(6-9)16-2/h3-6,8H,7H2,1-2H3. The van der Waals surface area contributed by atoms with Crippen LogP contribution in [0.25, 0.3) is 0 Å². The maximum Gasteiger partial charge on any atom is 0.186 e. The van der Waals surface area contributed by atoms with Crippen molar-refractivity contribution >= 4 is 28.1 Å². The zero-order chi connectivity index (χ0) is 12.3. The van der Waals surface area contributed by atoms with Crippen LogP contribution >= 0.6 is 22.9 Å². The number of thiazole rings is 1. The van der Waals surface area contributed by atoms with Gasteiger partial charge in [0.2, 0.25) is 0 Å². The Morgan fingerprint density at radius 1 is 1.47 bits per heavy atom. The summed E-state index contributed by atoms with van der Waals surface area (Å²) in [6.45, 7) is 0.779. The second kappa shape index (κ2) is 5.38. The summed E-state index contributed by atoms with van der Waals surface area (Å²) in [6, 6.07) is 8.00. The third kappa shape index (κ3) is 3.11. The lowest BCUT2D eigenvalue weighted by Gasteiger charge is -2.15. The van der Waals surface area contributed by atoms with E-state index in [1.54, 1.807) is 7.11 Å². The molecule has 90 valence electrons. The molecule has 0 atom stereocenters.